The SMILES string of the molecule is CC1CNCC(c2cc(Cl)ccc2Cl)OC1. The molecule has 0 aromatic heterocycles. The summed E-state index contributed by atoms with van der Waals surface area (Å²) < 4.78 is 5.83. The number of hydrogen-bond acceptors (Lipinski definition) is 2. The van der Waals surface area contributed by atoms with Crippen LogP contribution in [-0.4, -0.2) is 19.7 Å². The minimum absolute atomic E-state index is 0.00356. The second-order valence-corrected chi connectivity index (χ2v) is 5.09. The summed E-state index contributed by atoms with van der Waals surface area (Å²) >= 11 is 12.1. The fourth-order valence-electron chi connectivity index (χ4n) is 1.82. The van der Waals surface area contributed by atoms with Crippen molar-refractivity contribution in [3.63, 3.8) is 0 Å². The zero-order valence-electron chi connectivity index (χ0n) is 9.17. The van der Waals surface area contributed by atoms with E-state index in [9.17, 15) is 0 Å². The Morgan fingerprint density at radius 1 is 1.31 bits per heavy atom. The molecular weight excluding hydrogens is 245 g/mol. The van der Waals surface area contributed by atoms with E-state index in [0.29, 0.717) is 16.0 Å². The third-order valence-electron chi connectivity index (χ3n) is 2.71. The minimum Gasteiger partial charge on any atom is -0.372 e. The molecule has 0 spiro atoms. The summed E-state index contributed by atoms with van der Waals surface area (Å²) in [5.41, 5.74) is 0.968. The summed E-state index contributed by atoms with van der Waals surface area (Å²) in [6.07, 6.45) is -0.00356. The lowest BCUT2D eigenvalue weighted by Gasteiger charge is -2.17. The van der Waals surface area contributed by atoms with Gasteiger partial charge >= 0.3 is 0 Å². The Labute approximate surface area is 106 Å². The molecule has 1 aliphatic rings. The van der Waals surface area contributed by atoms with Crippen LogP contribution in [0.1, 0.15) is 18.6 Å². The van der Waals surface area contributed by atoms with E-state index in [0.717, 1.165) is 25.3 Å². The molecule has 1 saturated heterocycles. The normalized spacial score (nSPS) is 26.4. The van der Waals surface area contributed by atoms with Gasteiger partial charge in [-0.15, -0.1) is 0 Å². The lowest BCUT2D eigenvalue weighted by Crippen LogP contribution is -2.22. The molecule has 1 N–H and O–H groups in total. The highest BCUT2D eigenvalue weighted by atomic mass is 35.5. The first-order chi connectivity index (χ1) is 7.66. The van der Waals surface area contributed by atoms with Crippen LogP contribution in [0, 0.1) is 5.92 Å². The van der Waals surface area contributed by atoms with Gasteiger partial charge in [0, 0.05) is 28.7 Å². The van der Waals surface area contributed by atoms with Crippen LogP contribution in [0.15, 0.2) is 18.2 Å². The second-order valence-electron chi connectivity index (χ2n) is 4.25. The number of benzene rings is 1. The molecule has 16 heavy (non-hydrogen) atoms. The molecule has 0 amide bonds. The van der Waals surface area contributed by atoms with Crippen LogP contribution in [0.5, 0.6) is 0 Å². The van der Waals surface area contributed by atoms with Crippen LogP contribution in [0.2, 0.25) is 10.0 Å². The summed E-state index contributed by atoms with van der Waals surface area (Å²) in [5, 5.41) is 4.77. The topological polar surface area (TPSA) is 21.3 Å². The molecule has 1 aliphatic heterocycles. The van der Waals surface area contributed by atoms with E-state index in [4.69, 9.17) is 27.9 Å². The second kappa shape index (κ2) is 5.37. The lowest BCUT2D eigenvalue weighted by atomic mass is 10.1. The summed E-state index contributed by atoms with van der Waals surface area (Å²) in [5.74, 6) is 0.531. The third kappa shape index (κ3) is 2.89. The molecule has 1 fully saturated rings. The van der Waals surface area contributed by atoms with Crippen LogP contribution >= 0.6 is 23.2 Å². The molecule has 0 aliphatic carbocycles. The van der Waals surface area contributed by atoms with Gasteiger partial charge in [0.05, 0.1) is 12.7 Å². The Morgan fingerprint density at radius 2 is 2.12 bits per heavy atom. The van der Waals surface area contributed by atoms with E-state index >= 15 is 0 Å². The highest BCUT2D eigenvalue weighted by Gasteiger charge is 2.20. The molecule has 2 unspecified atom stereocenters. The van der Waals surface area contributed by atoms with Gasteiger partial charge in [0.15, 0.2) is 0 Å². The zero-order chi connectivity index (χ0) is 11.5. The molecule has 0 bridgehead atoms. The monoisotopic (exact) mass is 259 g/mol. The lowest BCUT2D eigenvalue weighted by molar-refractivity contribution is 0.0516. The predicted molar refractivity (Wildman–Crippen MR) is 67.2 cm³/mol. The zero-order valence-corrected chi connectivity index (χ0v) is 10.7. The Kier molecular flexibility index (Phi) is 4.09. The highest BCUT2D eigenvalue weighted by Crippen LogP contribution is 2.29. The van der Waals surface area contributed by atoms with Crippen LogP contribution in [0.25, 0.3) is 0 Å². The van der Waals surface area contributed by atoms with Crippen molar-refractivity contribution in [3.05, 3.63) is 33.8 Å². The molecule has 0 radical (unpaired) electrons. The van der Waals surface area contributed by atoms with E-state index in [1.807, 2.05) is 12.1 Å². The fraction of sp³-hybridized carbons (Fsp3) is 0.500. The molecule has 88 valence electrons. The van der Waals surface area contributed by atoms with Gasteiger partial charge in [-0.3, -0.25) is 0 Å². The minimum atomic E-state index is -0.00356. The Balaban J connectivity index is 2.19. The standard InChI is InChI=1S/C12H15Cl2NO/c1-8-5-15-6-12(16-7-8)10-4-9(13)2-3-11(10)14/h2-4,8,12,15H,5-7H2,1H3. The van der Waals surface area contributed by atoms with Gasteiger partial charge in [0.1, 0.15) is 0 Å². The molecular formula is C12H15Cl2NO. The summed E-state index contributed by atoms with van der Waals surface area (Å²) in [4.78, 5) is 0. The highest BCUT2D eigenvalue weighted by molar-refractivity contribution is 6.33. The van der Waals surface area contributed by atoms with Crippen molar-refractivity contribution in [1.29, 1.82) is 0 Å². The molecule has 2 atom stereocenters. The number of hydrogen-bond donors (Lipinski definition) is 1. The van der Waals surface area contributed by atoms with E-state index in [1.54, 1.807) is 6.07 Å². The van der Waals surface area contributed by atoms with Gasteiger partial charge in [-0.05, 0) is 24.1 Å². The Hall–Kier alpha value is -0.280. The first kappa shape index (κ1) is 12.2. The molecule has 1 aromatic rings. The Bertz CT molecular complexity index is 370. The fourth-order valence-corrected chi connectivity index (χ4v) is 2.24. The molecule has 1 aromatic carbocycles. The van der Waals surface area contributed by atoms with Gasteiger partial charge in [-0.1, -0.05) is 30.1 Å². The number of nitrogens with one attached hydrogen (secondary N) is 1. The van der Waals surface area contributed by atoms with Crippen LogP contribution in [-0.2, 0) is 4.74 Å². The average molecular weight is 260 g/mol. The largest absolute Gasteiger partial charge is 0.372 e. The van der Waals surface area contributed by atoms with E-state index in [-0.39, 0.29) is 6.10 Å². The maximum absolute atomic E-state index is 6.15. The first-order valence-corrected chi connectivity index (χ1v) is 6.19. The van der Waals surface area contributed by atoms with Crippen molar-refractivity contribution in [2.45, 2.75) is 13.0 Å². The predicted octanol–water partition coefficient (Wildman–Crippen LogP) is 3.29. The Morgan fingerprint density at radius 3 is 2.94 bits per heavy atom. The molecule has 2 nitrogen and oxygen atoms in total. The molecule has 0 saturated carbocycles. The van der Waals surface area contributed by atoms with Crippen LogP contribution in [0.3, 0.4) is 0 Å². The number of halogens is 2. The summed E-state index contributed by atoms with van der Waals surface area (Å²) in [7, 11) is 0. The quantitative estimate of drug-likeness (QED) is 0.836. The molecule has 4 heteroatoms. The average Bonchev–Trinajstić information content (AvgIpc) is 2.47. The summed E-state index contributed by atoms with van der Waals surface area (Å²) in [6, 6.07) is 5.49. The maximum atomic E-state index is 6.15. The van der Waals surface area contributed by atoms with Crippen molar-refractivity contribution < 1.29 is 4.74 Å². The third-order valence-corrected chi connectivity index (χ3v) is 3.29. The van der Waals surface area contributed by atoms with Crippen molar-refractivity contribution in [2.75, 3.05) is 19.7 Å². The van der Waals surface area contributed by atoms with Crippen molar-refractivity contribution in [1.82, 2.24) is 5.32 Å². The van der Waals surface area contributed by atoms with Gasteiger partial charge in [-0.25, -0.2) is 0 Å². The van der Waals surface area contributed by atoms with Gasteiger partial charge in [0.2, 0.25) is 0 Å². The summed E-state index contributed by atoms with van der Waals surface area (Å²) in [6.45, 7) is 4.68. The van der Waals surface area contributed by atoms with Gasteiger partial charge in [-0.2, -0.15) is 0 Å². The van der Waals surface area contributed by atoms with Gasteiger partial charge in [0.25, 0.3) is 0 Å². The van der Waals surface area contributed by atoms with Gasteiger partial charge < -0.3 is 10.1 Å². The van der Waals surface area contributed by atoms with Crippen molar-refractivity contribution >= 4 is 23.2 Å². The van der Waals surface area contributed by atoms with Crippen LogP contribution < -0.4 is 5.32 Å². The maximum Gasteiger partial charge on any atom is 0.0964 e. The van der Waals surface area contributed by atoms with E-state index < -0.39 is 0 Å². The van der Waals surface area contributed by atoms with Crippen molar-refractivity contribution in [3.8, 4) is 0 Å². The van der Waals surface area contributed by atoms with Crippen molar-refractivity contribution in [2.24, 2.45) is 5.92 Å². The first-order valence-electron chi connectivity index (χ1n) is 5.44. The number of rotatable bonds is 1. The van der Waals surface area contributed by atoms with E-state index in [2.05, 4.69) is 12.2 Å². The number of ether oxygens (including phenoxy) is 1. The smallest absolute Gasteiger partial charge is 0.0964 e. The molecule has 1 heterocycles. The van der Waals surface area contributed by atoms with Crippen LogP contribution in [0.4, 0.5) is 0 Å². The molecule has 2 rings (SSSR count). The van der Waals surface area contributed by atoms with E-state index in [1.165, 1.54) is 0 Å².